The molecule has 2 aromatic rings. The average molecular weight is 313 g/mol. The minimum atomic E-state index is -0.210. The van der Waals surface area contributed by atoms with E-state index in [0.717, 1.165) is 5.56 Å². The number of hydrogen-bond acceptors (Lipinski definition) is 3. The Balaban J connectivity index is 2.04. The van der Waals surface area contributed by atoms with Gasteiger partial charge >= 0.3 is 0 Å². The molecule has 1 N–H and O–H groups in total. The van der Waals surface area contributed by atoms with Gasteiger partial charge in [0.1, 0.15) is 11.6 Å². The van der Waals surface area contributed by atoms with Gasteiger partial charge < -0.3 is 10.2 Å². The molecule has 1 aromatic carbocycles. The normalized spacial score (nSPS) is 10.2. The molecule has 0 radical (unpaired) electrons. The number of pyridine rings is 1. The van der Waals surface area contributed by atoms with Crippen molar-refractivity contribution in [3.8, 4) is 0 Å². The highest BCUT2D eigenvalue weighted by Crippen LogP contribution is 2.15. The largest absolute Gasteiger partial charge is 0.355 e. The molecule has 0 aliphatic carbocycles. The maximum atomic E-state index is 13.6. The van der Waals surface area contributed by atoms with Crippen molar-refractivity contribution < 1.29 is 9.18 Å². The SMILES string of the molecule is C=CCNC(=O)c1ccc(N(C)Cc2ccc(C)c(F)c2)nc1. The molecule has 0 aliphatic rings. The van der Waals surface area contributed by atoms with Gasteiger partial charge in [0.2, 0.25) is 0 Å². The molecule has 1 heterocycles. The smallest absolute Gasteiger partial charge is 0.253 e. The molecule has 1 aromatic heterocycles. The quantitative estimate of drug-likeness (QED) is 0.834. The Kier molecular flexibility index (Phi) is 5.46. The monoisotopic (exact) mass is 313 g/mol. The molecule has 0 atom stereocenters. The van der Waals surface area contributed by atoms with E-state index < -0.39 is 0 Å². The number of aromatic nitrogens is 1. The summed E-state index contributed by atoms with van der Waals surface area (Å²) in [5, 5.41) is 2.70. The Morgan fingerprint density at radius 2 is 2.17 bits per heavy atom. The minimum absolute atomic E-state index is 0.188. The van der Waals surface area contributed by atoms with E-state index in [2.05, 4.69) is 16.9 Å². The number of nitrogens with one attached hydrogen (secondary N) is 1. The zero-order valence-corrected chi connectivity index (χ0v) is 13.3. The lowest BCUT2D eigenvalue weighted by molar-refractivity contribution is 0.0957. The first-order chi connectivity index (χ1) is 11.0. The van der Waals surface area contributed by atoms with Crippen LogP contribution in [0.4, 0.5) is 10.2 Å². The zero-order valence-electron chi connectivity index (χ0n) is 13.3. The number of nitrogens with zero attached hydrogens (tertiary/aromatic N) is 2. The van der Waals surface area contributed by atoms with E-state index in [1.54, 1.807) is 31.2 Å². The topological polar surface area (TPSA) is 45.2 Å². The summed E-state index contributed by atoms with van der Waals surface area (Å²) in [6.07, 6.45) is 3.15. The van der Waals surface area contributed by atoms with Gasteiger partial charge in [0.15, 0.2) is 0 Å². The number of benzene rings is 1. The van der Waals surface area contributed by atoms with Crippen molar-refractivity contribution in [1.29, 1.82) is 0 Å². The predicted octanol–water partition coefficient (Wildman–Crippen LogP) is 3.08. The van der Waals surface area contributed by atoms with E-state index in [9.17, 15) is 9.18 Å². The van der Waals surface area contributed by atoms with Crippen LogP contribution < -0.4 is 10.2 Å². The Hall–Kier alpha value is -2.69. The first kappa shape index (κ1) is 16.7. The number of rotatable bonds is 6. The summed E-state index contributed by atoms with van der Waals surface area (Å²) in [6.45, 7) is 6.24. The summed E-state index contributed by atoms with van der Waals surface area (Å²) in [6, 6.07) is 8.67. The van der Waals surface area contributed by atoms with Crippen LogP contribution in [-0.2, 0) is 6.54 Å². The lowest BCUT2D eigenvalue weighted by atomic mass is 10.1. The van der Waals surface area contributed by atoms with Crippen LogP contribution in [0.15, 0.2) is 49.2 Å². The van der Waals surface area contributed by atoms with Crippen LogP contribution in [0.25, 0.3) is 0 Å². The van der Waals surface area contributed by atoms with Gasteiger partial charge in [-0.15, -0.1) is 6.58 Å². The van der Waals surface area contributed by atoms with Gasteiger partial charge in [0, 0.05) is 26.3 Å². The fourth-order valence-electron chi connectivity index (χ4n) is 2.10. The van der Waals surface area contributed by atoms with Gasteiger partial charge in [-0.05, 0) is 36.2 Å². The second kappa shape index (κ2) is 7.54. The lowest BCUT2D eigenvalue weighted by Gasteiger charge is -2.18. The van der Waals surface area contributed by atoms with Crippen molar-refractivity contribution in [2.24, 2.45) is 0 Å². The molecule has 0 spiro atoms. The minimum Gasteiger partial charge on any atom is -0.355 e. The number of halogens is 1. The molecule has 0 saturated carbocycles. The lowest BCUT2D eigenvalue weighted by Crippen LogP contribution is -2.24. The highest BCUT2D eigenvalue weighted by atomic mass is 19.1. The Bertz CT molecular complexity index is 698. The molecular weight excluding hydrogens is 293 g/mol. The summed E-state index contributed by atoms with van der Waals surface area (Å²) >= 11 is 0. The molecule has 4 nitrogen and oxygen atoms in total. The summed E-state index contributed by atoms with van der Waals surface area (Å²) in [4.78, 5) is 18.0. The van der Waals surface area contributed by atoms with Crippen molar-refractivity contribution in [2.45, 2.75) is 13.5 Å². The van der Waals surface area contributed by atoms with E-state index in [4.69, 9.17) is 0 Å². The molecule has 5 heteroatoms. The highest BCUT2D eigenvalue weighted by Gasteiger charge is 2.08. The molecule has 0 saturated heterocycles. The van der Waals surface area contributed by atoms with E-state index in [-0.39, 0.29) is 11.7 Å². The molecule has 120 valence electrons. The molecule has 0 fully saturated rings. The first-order valence-corrected chi connectivity index (χ1v) is 7.32. The van der Waals surface area contributed by atoms with Crippen molar-refractivity contribution in [3.63, 3.8) is 0 Å². The van der Waals surface area contributed by atoms with Crippen molar-refractivity contribution >= 4 is 11.7 Å². The fraction of sp³-hybridized carbons (Fsp3) is 0.222. The Morgan fingerprint density at radius 1 is 1.39 bits per heavy atom. The maximum absolute atomic E-state index is 13.6. The number of carbonyl (C=O) groups is 1. The molecule has 2 rings (SSSR count). The van der Waals surface area contributed by atoms with Crippen molar-refractivity contribution in [3.05, 3.63) is 71.7 Å². The zero-order chi connectivity index (χ0) is 16.8. The molecule has 0 bridgehead atoms. The van der Waals surface area contributed by atoms with Crippen LogP contribution in [-0.4, -0.2) is 24.5 Å². The summed E-state index contributed by atoms with van der Waals surface area (Å²) < 4.78 is 13.6. The summed E-state index contributed by atoms with van der Waals surface area (Å²) in [5.74, 6) is 0.316. The average Bonchev–Trinajstić information content (AvgIpc) is 2.56. The van der Waals surface area contributed by atoms with E-state index in [1.165, 1.54) is 12.3 Å². The standard InChI is InChI=1S/C18H20FN3O/c1-4-9-20-18(23)15-7-8-17(21-11-15)22(3)12-14-6-5-13(2)16(19)10-14/h4-8,10-11H,1,9,12H2,2-3H3,(H,20,23). The molecule has 0 unspecified atom stereocenters. The third kappa shape index (κ3) is 4.39. The summed E-state index contributed by atoms with van der Waals surface area (Å²) in [7, 11) is 1.87. The molecule has 1 amide bonds. The van der Waals surface area contributed by atoms with Gasteiger partial charge in [0.05, 0.1) is 5.56 Å². The molecule has 0 aliphatic heterocycles. The third-order valence-electron chi connectivity index (χ3n) is 3.46. The van der Waals surface area contributed by atoms with Crippen LogP contribution in [0.3, 0.4) is 0 Å². The Morgan fingerprint density at radius 3 is 2.78 bits per heavy atom. The van der Waals surface area contributed by atoms with Crippen LogP contribution in [0, 0.1) is 12.7 Å². The number of amides is 1. The van der Waals surface area contributed by atoms with Gasteiger partial charge in [-0.2, -0.15) is 0 Å². The third-order valence-corrected chi connectivity index (χ3v) is 3.46. The summed E-state index contributed by atoms with van der Waals surface area (Å²) in [5.41, 5.74) is 1.99. The van der Waals surface area contributed by atoms with E-state index in [1.807, 2.05) is 18.0 Å². The first-order valence-electron chi connectivity index (χ1n) is 7.32. The van der Waals surface area contributed by atoms with Gasteiger partial charge in [-0.25, -0.2) is 9.37 Å². The molecule has 23 heavy (non-hydrogen) atoms. The van der Waals surface area contributed by atoms with Gasteiger partial charge in [-0.3, -0.25) is 4.79 Å². The van der Waals surface area contributed by atoms with Crippen LogP contribution in [0.5, 0.6) is 0 Å². The molecular formula is C18H20FN3O. The maximum Gasteiger partial charge on any atom is 0.253 e. The fourth-order valence-corrected chi connectivity index (χ4v) is 2.10. The predicted molar refractivity (Wildman–Crippen MR) is 90.0 cm³/mol. The highest BCUT2D eigenvalue weighted by molar-refractivity contribution is 5.94. The van der Waals surface area contributed by atoms with Gasteiger partial charge in [0.25, 0.3) is 5.91 Å². The number of anilines is 1. The van der Waals surface area contributed by atoms with E-state index in [0.29, 0.717) is 30.0 Å². The van der Waals surface area contributed by atoms with Crippen molar-refractivity contribution in [2.75, 3.05) is 18.5 Å². The van der Waals surface area contributed by atoms with Crippen LogP contribution >= 0.6 is 0 Å². The number of aryl methyl sites for hydroxylation is 1. The van der Waals surface area contributed by atoms with Gasteiger partial charge in [-0.1, -0.05) is 18.2 Å². The van der Waals surface area contributed by atoms with Crippen LogP contribution in [0.2, 0.25) is 0 Å². The number of hydrogen-bond donors (Lipinski definition) is 1. The van der Waals surface area contributed by atoms with Crippen molar-refractivity contribution in [1.82, 2.24) is 10.3 Å². The van der Waals surface area contributed by atoms with E-state index >= 15 is 0 Å². The second-order valence-electron chi connectivity index (χ2n) is 5.34. The second-order valence-corrected chi connectivity index (χ2v) is 5.34. The van der Waals surface area contributed by atoms with Crippen LogP contribution in [0.1, 0.15) is 21.5 Å². The Labute approximate surface area is 135 Å². The number of carbonyl (C=O) groups excluding carboxylic acids is 1.